The van der Waals surface area contributed by atoms with Gasteiger partial charge in [0.15, 0.2) is 0 Å². The van der Waals surface area contributed by atoms with Crippen LogP contribution in [0.2, 0.25) is 0 Å². The number of hydrogen-bond donors (Lipinski definition) is 0. The van der Waals surface area contributed by atoms with E-state index in [1.807, 2.05) is 0 Å². The van der Waals surface area contributed by atoms with Crippen LogP contribution in [0.5, 0.6) is 0 Å². The van der Waals surface area contributed by atoms with E-state index < -0.39 is 13.4 Å². The Morgan fingerprint density at radius 1 is 1.62 bits per heavy atom. The van der Waals surface area contributed by atoms with Crippen molar-refractivity contribution in [2.24, 2.45) is 0 Å². The highest BCUT2D eigenvalue weighted by molar-refractivity contribution is 6.36. The van der Waals surface area contributed by atoms with Crippen molar-refractivity contribution in [2.45, 2.75) is 6.92 Å². The molecule has 0 radical (unpaired) electrons. The Balaban J connectivity index is 2.83. The minimum atomic E-state index is -3.02. The molecule has 7 heteroatoms. The maximum absolute atomic E-state index is 12.1. The van der Waals surface area contributed by atoms with Gasteiger partial charge < -0.3 is 13.8 Å². The summed E-state index contributed by atoms with van der Waals surface area (Å²) in [6.07, 6.45) is 3.32. The molecule has 0 N–H and O–H groups in total. The predicted octanol–water partition coefficient (Wildman–Crippen LogP) is 2.12. The lowest BCUT2D eigenvalue weighted by Crippen LogP contribution is -2.07. The topological polar surface area (TPSA) is 48.7 Å². The molecule has 1 aromatic heterocycles. The first-order valence-electron chi connectivity index (χ1n) is 4.49. The number of furan rings is 1. The van der Waals surface area contributed by atoms with Crippen LogP contribution >= 0.6 is 0 Å². The van der Waals surface area contributed by atoms with E-state index in [0.29, 0.717) is 0 Å². The Kier molecular flexibility index (Phi) is 4.56. The third-order valence-electron chi connectivity index (χ3n) is 1.56. The first-order valence-corrected chi connectivity index (χ1v) is 4.49. The average molecular weight is 230 g/mol. The van der Waals surface area contributed by atoms with Crippen molar-refractivity contribution in [3.8, 4) is 0 Å². The normalized spacial score (nSPS) is 11.1. The van der Waals surface area contributed by atoms with Gasteiger partial charge in [-0.05, 0) is 13.0 Å². The summed E-state index contributed by atoms with van der Waals surface area (Å²) in [5, 5.41) is 0. The highest BCUT2D eigenvalue weighted by atomic mass is 19.2. The third-order valence-corrected chi connectivity index (χ3v) is 1.56. The van der Waals surface area contributed by atoms with Gasteiger partial charge in [0.2, 0.25) is 0 Å². The van der Waals surface area contributed by atoms with Gasteiger partial charge in [-0.1, -0.05) is 0 Å². The van der Waals surface area contributed by atoms with Crippen molar-refractivity contribution in [2.75, 3.05) is 6.61 Å². The Hall–Kier alpha value is -1.79. The van der Waals surface area contributed by atoms with Gasteiger partial charge in [-0.25, -0.2) is 13.4 Å². The summed E-state index contributed by atoms with van der Waals surface area (Å²) in [4.78, 5) is 11.1. The van der Waals surface area contributed by atoms with Gasteiger partial charge in [-0.2, -0.15) is 0 Å². The number of hydrogen-bond acceptors (Lipinski definition) is 4. The molecule has 1 heterocycles. The molecular weight excluding hydrogens is 221 g/mol. The zero-order valence-electron chi connectivity index (χ0n) is 8.48. The summed E-state index contributed by atoms with van der Waals surface area (Å²) >= 11 is 0. The number of halogens is 2. The van der Waals surface area contributed by atoms with Crippen molar-refractivity contribution in [1.82, 2.24) is 0 Å². The Morgan fingerprint density at radius 2 is 2.38 bits per heavy atom. The van der Waals surface area contributed by atoms with Crippen LogP contribution in [0.3, 0.4) is 0 Å². The van der Waals surface area contributed by atoms with E-state index in [9.17, 15) is 13.4 Å². The van der Waals surface area contributed by atoms with Crippen molar-refractivity contribution in [3.05, 3.63) is 30.2 Å². The number of ether oxygens (including phenoxy) is 1. The van der Waals surface area contributed by atoms with Crippen molar-refractivity contribution >= 4 is 19.2 Å². The first kappa shape index (κ1) is 12.3. The molecule has 1 aromatic rings. The van der Waals surface area contributed by atoms with E-state index in [0.717, 1.165) is 6.08 Å². The molecule has 0 amide bonds. The van der Waals surface area contributed by atoms with Crippen molar-refractivity contribution in [3.63, 3.8) is 0 Å². The Labute approximate surface area is 91.0 Å². The highest BCUT2D eigenvalue weighted by Crippen LogP contribution is 2.18. The largest absolute Gasteiger partial charge is 0.796 e. The fraction of sp³-hybridized carbons (Fsp3) is 0.222. The van der Waals surface area contributed by atoms with Crippen molar-refractivity contribution in [1.29, 1.82) is 0 Å². The van der Waals surface area contributed by atoms with Crippen LogP contribution in [-0.4, -0.2) is 20.0 Å². The fourth-order valence-corrected chi connectivity index (χ4v) is 0.977. The summed E-state index contributed by atoms with van der Waals surface area (Å²) in [7, 11) is -3.02. The van der Waals surface area contributed by atoms with Gasteiger partial charge in [0.05, 0.1) is 24.5 Å². The van der Waals surface area contributed by atoms with E-state index in [1.54, 1.807) is 6.92 Å². The molecule has 0 aliphatic carbocycles. The number of rotatable bonds is 5. The quantitative estimate of drug-likeness (QED) is 0.336. The SMILES string of the molecule is CCOC(=O)/C=C(\OB(F)F)c1ccoc1. The van der Waals surface area contributed by atoms with Gasteiger partial charge in [0.25, 0.3) is 0 Å². The second kappa shape index (κ2) is 5.94. The van der Waals surface area contributed by atoms with E-state index in [2.05, 4.69) is 9.39 Å². The van der Waals surface area contributed by atoms with Gasteiger partial charge in [0.1, 0.15) is 12.0 Å². The summed E-state index contributed by atoms with van der Waals surface area (Å²) in [5.41, 5.74) is 0.244. The number of carbonyl (C=O) groups excluding carboxylic acids is 1. The molecule has 0 spiro atoms. The molecular formula is C9H9BF2O4. The van der Waals surface area contributed by atoms with Crippen LogP contribution < -0.4 is 0 Å². The monoisotopic (exact) mass is 230 g/mol. The molecule has 0 aromatic carbocycles. The second-order valence-electron chi connectivity index (χ2n) is 2.65. The van der Waals surface area contributed by atoms with E-state index >= 15 is 0 Å². The molecule has 86 valence electrons. The lowest BCUT2D eigenvalue weighted by atomic mass is 10.2. The lowest BCUT2D eigenvalue weighted by Gasteiger charge is -2.05. The van der Waals surface area contributed by atoms with Gasteiger partial charge in [0, 0.05) is 0 Å². The van der Waals surface area contributed by atoms with Crippen LogP contribution in [0.4, 0.5) is 8.63 Å². The highest BCUT2D eigenvalue weighted by Gasteiger charge is 2.21. The zero-order valence-corrected chi connectivity index (χ0v) is 8.48. The fourth-order valence-electron chi connectivity index (χ4n) is 0.977. The molecule has 0 bridgehead atoms. The summed E-state index contributed by atoms with van der Waals surface area (Å²) < 4.78 is 37.6. The predicted molar refractivity (Wildman–Crippen MR) is 52.4 cm³/mol. The van der Waals surface area contributed by atoms with Crippen LogP contribution in [0.15, 0.2) is 29.1 Å². The minimum Gasteiger partial charge on any atom is -0.504 e. The van der Waals surface area contributed by atoms with Crippen LogP contribution in [0.25, 0.3) is 5.76 Å². The molecule has 16 heavy (non-hydrogen) atoms. The van der Waals surface area contributed by atoms with Crippen LogP contribution in [-0.2, 0) is 14.2 Å². The van der Waals surface area contributed by atoms with E-state index in [4.69, 9.17) is 4.42 Å². The smallest absolute Gasteiger partial charge is 0.504 e. The minimum absolute atomic E-state index is 0.155. The van der Waals surface area contributed by atoms with E-state index in [-0.39, 0.29) is 17.9 Å². The van der Waals surface area contributed by atoms with Crippen molar-refractivity contribution < 1.29 is 27.2 Å². The molecule has 4 nitrogen and oxygen atoms in total. The third kappa shape index (κ3) is 3.76. The van der Waals surface area contributed by atoms with Gasteiger partial charge in [-0.3, -0.25) is 0 Å². The molecule has 1 rings (SSSR count). The molecule has 0 fully saturated rings. The Morgan fingerprint density at radius 3 is 2.88 bits per heavy atom. The van der Waals surface area contributed by atoms with Crippen LogP contribution in [0.1, 0.15) is 12.5 Å². The number of carbonyl (C=O) groups is 1. The van der Waals surface area contributed by atoms with Crippen LogP contribution in [0, 0.1) is 0 Å². The molecule has 0 aliphatic rings. The Bertz CT molecular complexity index is 362. The molecule has 0 saturated heterocycles. The molecule has 0 atom stereocenters. The average Bonchev–Trinajstić information content (AvgIpc) is 2.68. The van der Waals surface area contributed by atoms with Gasteiger partial charge in [-0.15, -0.1) is 0 Å². The second-order valence-corrected chi connectivity index (χ2v) is 2.65. The summed E-state index contributed by atoms with van der Waals surface area (Å²) in [6.45, 7) is 1.76. The zero-order chi connectivity index (χ0) is 12.0. The van der Waals surface area contributed by atoms with E-state index in [1.165, 1.54) is 18.6 Å². The summed E-state index contributed by atoms with van der Waals surface area (Å²) in [6, 6.07) is 1.40. The maximum atomic E-state index is 12.1. The molecule has 0 aliphatic heterocycles. The summed E-state index contributed by atoms with van der Waals surface area (Å²) in [5.74, 6) is -1.04. The first-order chi connectivity index (χ1) is 7.63. The maximum Gasteiger partial charge on any atom is 0.796 e. The number of esters is 1. The van der Waals surface area contributed by atoms with Gasteiger partial charge >= 0.3 is 13.4 Å². The standard InChI is InChI=1S/C9H9BF2O4/c1-2-15-9(13)5-8(16-10(11)12)7-3-4-14-6-7/h3-6H,2H2,1H3/b8-5-. The molecule has 0 unspecified atom stereocenters. The lowest BCUT2D eigenvalue weighted by molar-refractivity contribution is -0.137. The molecule has 0 saturated carbocycles.